The zero-order valence-corrected chi connectivity index (χ0v) is 10.8. The van der Waals surface area contributed by atoms with Crippen LogP contribution in [-0.4, -0.2) is 42.5 Å². The monoisotopic (exact) mass is 290 g/mol. The van der Waals surface area contributed by atoms with Crippen LogP contribution in [-0.2, 0) is 11.0 Å². The van der Waals surface area contributed by atoms with Crippen LogP contribution in [0.4, 0.5) is 18.9 Å². The van der Waals surface area contributed by atoms with Gasteiger partial charge in [0.2, 0.25) is 5.91 Å². The van der Waals surface area contributed by atoms with Crippen molar-refractivity contribution in [3.05, 3.63) is 29.3 Å². The first-order chi connectivity index (χ1) is 9.11. The number of amides is 1. The molecule has 5 nitrogen and oxygen atoms in total. The molecule has 0 saturated carbocycles. The standard InChI is InChI=1S/C12H13F3N2O3/c1-17(2)6-10(18)16-9-4-3-7(12(13,14)15)5-8(9)11(19)20/h3-5H,6H2,1-2H3,(H,16,18)(H,19,20). The predicted molar refractivity (Wildman–Crippen MR) is 65.6 cm³/mol. The summed E-state index contributed by atoms with van der Waals surface area (Å²) in [7, 11) is 3.26. The highest BCUT2D eigenvalue weighted by molar-refractivity contribution is 6.01. The zero-order valence-electron chi connectivity index (χ0n) is 10.8. The van der Waals surface area contributed by atoms with E-state index in [0.717, 1.165) is 12.1 Å². The number of aromatic carboxylic acids is 1. The number of anilines is 1. The average molecular weight is 290 g/mol. The number of nitrogens with zero attached hydrogens (tertiary/aromatic N) is 1. The van der Waals surface area contributed by atoms with Crippen LogP contribution in [0.3, 0.4) is 0 Å². The molecular weight excluding hydrogens is 277 g/mol. The van der Waals surface area contributed by atoms with Crippen molar-refractivity contribution in [3.8, 4) is 0 Å². The minimum atomic E-state index is -4.64. The largest absolute Gasteiger partial charge is 0.478 e. The molecule has 0 aromatic heterocycles. The van der Waals surface area contributed by atoms with Crippen molar-refractivity contribution in [1.29, 1.82) is 0 Å². The number of carbonyl (C=O) groups is 2. The third kappa shape index (κ3) is 4.23. The van der Waals surface area contributed by atoms with Gasteiger partial charge in [-0.2, -0.15) is 13.2 Å². The summed E-state index contributed by atoms with van der Waals surface area (Å²) in [6.45, 7) is -0.0138. The second-order valence-electron chi connectivity index (χ2n) is 4.35. The minimum Gasteiger partial charge on any atom is -0.478 e. The van der Waals surface area contributed by atoms with E-state index in [-0.39, 0.29) is 12.2 Å². The summed E-state index contributed by atoms with van der Waals surface area (Å²) in [4.78, 5) is 24.0. The highest BCUT2D eigenvalue weighted by Gasteiger charge is 2.32. The van der Waals surface area contributed by atoms with E-state index in [9.17, 15) is 22.8 Å². The predicted octanol–water partition coefficient (Wildman–Crippen LogP) is 1.90. The maximum Gasteiger partial charge on any atom is 0.416 e. The van der Waals surface area contributed by atoms with Crippen LogP contribution in [0.1, 0.15) is 15.9 Å². The normalized spacial score (nSPS) is 11.5. The lowest BCUT2D eigenvalue weighted by atomic mass is 10.1. The Morgan fingerprint density at radius 1 is 1.30 bits per heavy atom. The molecule has 1 aromatic rings. The van der Waals surface area contributed by atoms with E-state index in [2.05, 4.69) is 5.32 Å². The van der Waals surface area contributed by atoms with E-state index in [0.29, 0.717) is 6.07 Å². The fourth-order valence-electron chi connectivity index (χ4n) is 1.48. The van der Waals surface area contributed by atoms with Crippen molar-refractivity contribution in [1.82, 2.24) is 4.90 Å². The third-order valence-corrected chi connectivity index (χ3v) is 2.31. The molecule has 20 heavy (non-hydrogen) atoms. The Bertz CT molecular complexity index is 527. The molecule has 0 spiro atoms. The molecule has 0 aliphatic heterocycles. The van der Waals surface area contributed by atoms with Crippen LogP contribution in [0.25, 0.3) is 0 Å². The molecule has 0 atom stereocenters. The van der Waals surface area contributed by atoms with E-state index < -0.39 is 29.2 Å². The number of benzene rings is 1. The number of hydrogen-bond acceptors (Lipinski definition) is 3. The Morgan fingerprint density at radius 2 is 1.90 bits per heavy atom. The number of hydrogen-bond donors (Lipinski definition) is 2. The Kier molecular flexibility index (Phi) is 4.72. The smallest absolute Gasteiger partial charge is 0.416 e. The molecule has 1 amide bonds. The van der Waals surface area contributed by atoms with Gasteiger partial charge in [0, 0.05) is 0 Å². The molecule has 1 rings (SSSR count). The summed E-state index contributed by atoms with van der Waals surface area (Å²) in [6, 6.07) is 2.14. The van der Waals surface area contributed by atoms with E-state index >= 15 is 0 Å². The molecule has 110 valence electrons. The molecule has 8 heteroatoms. The quantitative estimate of drug-likeness (QED) is 0.888. The van der Waals surface area contributed by atoms with Crippen LogP contribution in [0.2, 0.25) is 0 Å². The van der Waals surface area contributed by atoms with Crippen LogP contribution >= 0.6 is 0 Å². The van der Waals surface area contributed by atoms with Crippen molar-refractivity contribution in [2.24, 2.45) is 0 Å². The van der Waals surface area contributed by atoms with Crippen LogP contribution in [0, 0.1) is 0 Å². The SMILES string of the molecule is CN(C)CC(=O)Nc1ccc(C(F)(F)F)cc1C(=O)O. The topological polar surface area (TPSA) is 69.6 Å². The van der Waals surface area contributed by atoms with Gasteiger partial charge in [0.15, 0.2) is 0 Å². The molecule has 0 aliphatic carbocycles. The lowest BCUT2D eigenvalue weighted by Gasteiger charge is -2.13. The fraction of sp³-hybridized carbons (Fsp3) is 0.333. The number of alkyl halides is 3. The van der Waals surface area contributed by atoms with E-state index in [1.165, 1.54) is 0 Å². The molecule has 0 radical (unpaired) electrons. The molecule has 0 saturated heterocycles. The van der Waals surface area contributed by atoms with E-state index in [1.54, 1.807) is 19.0 Å². The third-order valence-electron chi connectivity index (χ3n) is 2.31. The van der Waals surface area contributed by atoms with Crippen molar-refractivity contribution in [3.63, 3.8) is 0 Å². The van der Waals surface area contributed by atoms with Crippen molar-refractivity contribution in [2.75, 3.05) is 26.0 Å². The fourth-order valence-corrected chi connectivity index (χ4v) is 1.48. The second kappa shape index (κ2) is 5.91. The Labute approximate surface area is 113 Å². The zero-order chi connectivity index (χ0) is 15.5. The second-order valence-corrected chi connectivity index (χ2v) is 4.35. The van der Waals surface area contributed by atoms with Crippen molar-refractivity contribution < 1.29 is 27.9 Å². The first-order valence-corrected chi connectivity index (χ1v) is 5.50. The lowest BCUT2D eigenvalue weighted by Crippen LogP contribution is -2.27. The maximum atomic E-state index is 12.5. The first-order valence-electron chi connectivity index (χ1n) is 5.50. The molecule has 0 heterocycles. The average Bonchev–Trinajstić information content (AvgIpc) is 2.26. The summed E-state index contributed by atoms with van der Waals surface area (Å²) in [5.74, 6) is -2.06. The van der Waals surface area contributed by atoms with Gasteiger partial charge in [-0.15, -0.1) is 0 Å². The number of carboxylic acids is 1. The van der Waals surface area contributed by atoms with Gasteiger partial charge in [0.25, 0.3) is 0 Å². The number of nitrogens with one attached hydrogen (secondary N) is 1. The molecule has 0 bridgehead atoms. The van der Waals surface area contributed by atoms with Gasteiger partial charge in [-0.05, 0) is 32.3 Å². The van der Waals surface area contributed by atoms with Crippen molar-refractivity contribution in [2.45, 2.75) is 6.18 Å². The van der Waals surface area contributed by atoms with Gasteiger partial charge in [-0.3, -0.25) is 4.79 Å². The molecule has 2 N–H and O–H groups in total. The lowest BCUT2D eigenvalue weighted by molar-refractivity contribution is -0.137. The number of halogens is 3. The van der Waals surface area contributed by atoms with Crippen LogP contribution in [0.5, 0.6) is 0 Å². The number of carboxylic acid groups (broad SMARTS) is 1. The highest BCUT2D eigenvalue weighted by atomic mass is 19.4. The summed E-state index contributed by atoms with van der Waals surface area (Å²) in [5, 5.41) is 11.2. The number of carbonyl (C=O) groups excluding carboxylic acids is 1. The van der Waals surface area contributed by atoms with Gasteiger partial charge >= 0.3 is 12.1 Å². The highest BCUT2D eigenvalue weighted by Crippen LogP contribution is 2.31. The van der Waals surface area contributed by atoms with E-state index in [1.807, 2.05) is 0 Å². The van der Waals surface area contributed by atoms with Gasteiger partial charge in [-0.25, -0.2) is 4.79 Å². The number of rotatable bonds is 4. The van der Waals surface area contributed by atoms with E-state index in [4.69, 9.17) is 5.11 Å². The molecular formula is C12H13F3N2O3. The molecule has 1 aromatic carbocycles. The summed E-state index contributed by atoms with van der Waals surface area (Å²) >= 11 is 0. The Hall–Kier alpha value is -2.09. The Morgan fingerprint density at radius 3 is 2.35 bits per heavy atom. The number of likely N-dealkylation sites (N-methyl/N-ethyl adjacent to an activating group) is 1. The maximum absolute atomic E-state index is 12.5. The van der Waals surface area contributed by atoms with Crippen LogP contribution in [0.15, 0.2) is 18.2 Å². The molecule has 0 unspecified atom stereocenters. The van der Waals surface area contributed by atoms with Gasteiger partial charge in [-0.1, -0.05) is 0 Å². The molecule has 0 aliphatic rings. The van der Waals surface area contributed by atoms with Gasteiger partial charge < -0.3 is 15.3 Å². The summed E-state index contributed by atoms with van der Waals surface area (Å²) < 4.78 is 37.5. The summed E-state index contributed by atoms with van der Waals surface area (Å²) in [6.07, 6.45) is -4.64. The van der Waals surface area contributed by atoms with Crippen molar-refractivity contribution >= 4 is 17.6 Å². The first kappa shape index (κ1) is 16.0. The van der Waals surface area contributed by atoms with Crippen LogP contribution < -0.4 is 5.32 Å². The molecule has 0 fully saturated rings. The Balaban J connectivity index is 3.08. The minimum absolute atomic E-state index is 0.0138. The summed E-state index contributed by atoms with van der Waals surface area (Å²) in [5.41, 5.74) is -1.86. The van der Waals surface area contributed by atoms with Gasteiger partial charge in [0.1, 0.15) is 0 Å². The van der Waals surface area contributed by atoms with Gasteiger partial charge in [0.05, 0.1) is 23.4 Å².